The largest absolute Gasteiger partial charge is 0.515 e. The highest BCUT2D eigenvalue weighted by Gasteiger charge is 2.66. The molecule has 0 aromatic rings. The highest BCUT2D eigenvalue weighted by atomic mass is 29.3. The molecule has 0 spiro atoms. The molecule has 0 atom stereocenters. The molecule has 0 unspecified atom stereocenters. The molecule has 1 heterocycles. The van der Waals surface area contributed by atoms with Crippen molar-refractivity contribution in [1.82, 2.24) is 0 Å². The Bertz CT molecular complexity index is 162. The Balaban J connectivity index is 2.96. The molecule has 0 aromatic heterocycles. The van der Waals surface area contributed by atoms with Gasteiger partial charge in [-0.25, -0.2) is 0 Å². The maximum Gasteiger partial charge on any atom is 0.515 e. The Labute approximate surface area is 98.4 Å². The summed E-state index contributed by atoms with van der Waals surface area (Å²) in [5.41, 5.74) is 0. The van der Waals surface area contributed by atoms with Gasteiger partial charge in [-0.2, -0.15) is 0 Å². The van der Waals surface area contributed by atoms with Crippen molar-refractivity contribution in [1.29, 1.82) is 0 Å². The molecule has 1 aliphatic heterocycles. The molecule has 1 rings (SSSR count). The Morgan fingerprint density at radius 2 is 1.50 bits per heavy atom. The van der Waals surface area contributed by atoms with Gasteiger partial charge in [-0.1, -0.05) is 0 Å². The molecule has 0 aromatic carbocycles. The number of hydrogen-bond donors (Lipinski definition) is 0. The van der Waals surface area contributed by atoms with Gasteiger partial charge in [0, 0.05) is 6.61 Å². The Kier molecular flexibility index (Phi) is 5.11. The Morgan fingerprint density at radius 3 is 1.86 bits per heavy atom. The van der Waals surface area contributed by atoms with Crippen LogP contribution in [0, 0.1) is 0 Å². The summed E-state index contributed by atoms with van der Waals surface area (Å²) in [7, 11) is -2.14. The fourth-order valence-corrected chi connectivity index (χ4v) is 27.3. The van der Waals surface area contributed by atoms with Crippen LogP contribution < -0.4 is 0 Å². The summed E-state index contributed by atoms with van der Waals surface area (Å²) in [6.07, 6.45) is 1.02. The molecule has 0 saturated carbocycles. The van der Waals surface area contributed by atoms with Crippen molar-refractivity contribution in [3.8, 4) is 0 Å². The van der Waals surface area contributed by atoms with Crippen LogP contribution >= 0.6 is 0 Å². The second kappa shape index (κ2) is 5.44. The second-order valence-electron chi connectivity index (χ2n) is 3.08. The third-order valence-corrected chi connectivity index (χ3v) is 26.0. The molecule has 11 heteroatoms. The van der Waals surface area contributed by atoms with Gasteiger partial charge in [0.2, 0.25) is 0 Å². The summed E-state index contributed by atoms with van der Waals surface area (Å²) in [6.45, 7) is 0.737. The van der Waals surface area contributed by atoms with Crippen molar-refractivity contribution in [2.45, 2.75) is 12.5 Å². The first-order chi connectivity index (χ1) is 6.70. The van der Waals surface area contributed by atoms with E-state index in [1.807, 2.05) is 0 Å². The Morgan fingerprint density at radius 1 is 0.929 bits per heavy atom. The predicted octanol–water partition coefficient (Wildman–Crippen LogP) is -4.95. The molecular weight excluding hydrogens is 285 g/mol. The third kappa shape index (κ3) is 1.98. The van der Waals surface area contributed by atoms with Crippen molar-refractivity contribution in [2.24, 2.45) is 0 Å². The van der Waals surface area contributed by atoms with E-state index in [0.29, 0.717) is 41.9 Å². The number of rotatable bonds is 4. The van der Waals surface area contributed by atoms with Crippen LogP contribution in [0.4, 0.5) is 0 Å². The summed E-state index contributed by atoms with van der Waals surface area (Å²) in [5, 5.41) is 0. The van der Waals surface area contributed by atoms with Gasteiger partial charge in [-0.3, -0.25) is 0 Å². The van der Waals surface area contributed by atoms with Crippen molar-refractivity contribution >= 4 is 58.3 Å². The molecule has 14 heavy (non-hydrogen) atoms. The summed E-state index contributed by atoms with van der Waals surface area (Å²) >= 11 is 0. The average molecular weight is 303 g/mol. The van der Waals surface area contributed by atoms with E-state index >= 15 is 0 Å². The lowest BCUT2D eigenvalue weighted by Gasteiger charge is -2.43. The van der Waals surface area contributed by atoms with E-state index < -0.39 is 16.4 Å². The SMILES string of the molecule is [SiH3]O[Si]1(O[SiH3])CCCO[Si]1(O[SiH3])O[SiH3]. The van der Waals surface area contributed by atoms with E-state index in [-0.39, 0.29) is 0 Å². The van der Waals surface area contributed by atoms with E-state index in [1.54, 1.807) is 0 Å². The quantitative estimate of drug-likeness (QED) is 0.487. The maximum absolute atomic E-state index is 5.78. The first kappa shape index (κ1) is 13.2. The third-order valence-electron chi connectivity index (χ3n) is 2.61. The smallest absolute Gasteiger partial charge is 0.442 e. The molecule has 5 nitrogen and oxygen atoms in total. The van der Waals surface area contributed by atoms with Gasteiger partial charge in [-0.15, -0.1) is 0 Å². The summed E-state index contributed by atoms with van der Waals surface area (Å²) in [6, 6.07) is 0.983. The van der Waals surface area contributed by atoms with Crippen LogP contribution in [0.25, 0.3) is 0 Å². The highest BCUT2D eigenvalue weighted by Crippen LogP contribution is 2.31. The second-order valence-corrected chi connectivity index (χ2v) is 17.1. The normalized spacial score (nSPS) is 39.4. The molecule has 1 aliphatic rings. The Hall–Kier alpha value is 1.10. The fourth-order valence-electron chi connectivity index (χ4n) is 1.82. The zero-order valence-electron chi connectivity index (χ0n) is 9.16. The van der Waals surface area contributed by atoms with Gasteiger partial charge in [0.1, 0.15) is 41.9 Å². The first-order valence-electron chi connectivity index (χ1n) is 4.55. The van der Waals surface area contributed by atoms with Crippen molar-refractivity contribution in [2.75, 3.05) is 6.61 Å². The van der Waals surface area contributed by atoms with E-state index in [4.69, 9.17) is 20.9 Å². The standard InChI is InChI=1S/C3H18O5Si6/c9-5-13(6-10)3-1-2-4-14(13,7-11)8-12/h1-3H2,9-12H3. The molecule has 1 fully saturated rings. The molecule has 0 aliphatic carbocycles. The van der Waals surface area contributed by atoms with E-state index in [0.717, 1.165) is 19.1 Å². The van der Waals surface area contributed by atoms with Crippen molar-refractivity contribution in [3.63, 3.8) is 0 Å². The van der Waals surface area contributed by atoms with Crippen LogP contribution in [-0.2, 0) is 20.9 Å². The zero-order valence-corrected chi connectivity index (χ0v) is 19.2. The van der Waals surface area contributed by atoms with Gasteiger partial charge in [0.25, 0.3) is 0 Å². The fraction of sp³-hybridized carbons (Fsp3) is 1.00. The van der Waals surface area contributed by atoms with Crippen LogP contribution in [0.2, 0.25) is 6.04 Å². The van der Waals surface area contributed by atoms with Crippen molar-refractivity contribution < 1.29 is 20.9 Å². The van der Waals surface area contributed by atoms with E-state index in [1.165, 1.54) is 0 Å². The minimum atomic E-state index is -2.52. The molecular formula is C3H18O5Si6. The summed E-state index contributed by atoms with van der Waals surface area (Å²) < 4.78 is 28.6. The van der Waals surface area contributed by atoms with Gasteiger partial charge in [-0.05, 0) is 12.5 Å². The van der Waals surface area contributed by atoms with E-state index in [9.17, 15) is 0 Å². The van der Waals surface area contributed by atoms with Crippen LogP contribution in [0.3, 0.4) is 0 Å². The molecule has 1 saturated heterocycles. The lowest BCUT2D eigenvalue weighted by atomic mass is 10.5. The minimum absolute atomic E-state index is 0.633. The molecule has 0 N–H and O–H groups in total. The minimum Gasteiger partial charge on any atom is -0.442 e. The maximum atomic E-state index is 5.78. The van der Waals surface area contributed by atoms with Gasteiger partial charge in [0.15, 0.2) is 0 Å². The zero-order chi connectivity index (χ0) is 10.7. The average Bonchev–Trinajstić information content (AvgIpc) is 2.28. The molecule has 84 valence electrons. The summed E-state index contributed by atoms with van der Waals surface area (Å²) in [4.78, 5) is 0. The predicted molar refractivity (Wildman–Crippen MR) is 71.0 cm³/mol. The van der Waals surface area contributed by atoms with E-state index in [2.05, 4.69) is 0 Å². The molecule has 0 radical (unpaired) electrons. The van der Waals surface area contributed by atoms with Crippen LogP contribution in [0.15, 0.2) is 0 Å². The van der Waals surface area contributed by atoms with Gasteiger partial charge >= 0.3 is 16.4 Å². The van der Waals surface area contributed by atoms with Gasteiger partial charge in [0.05, 0.1) is 0 Å². The van der Waals surface area contributed by atoms with Gasteiger partial charge < -0.3 is 20.9 Å². The first-order valence-corrected chi connectivity index (χ1v) is 12.6. The number of hydrogen-bond acceptors (Lipinski definition) is 5. The topological polar surface area (TPSA) is 46.2 Å². The molecule has 0 amide bonds. The van der Waals surface area contributed by atoms with Crippen LogP contribution in [0.1, 0.15) is 6.42 Å². The van der Waals surface area contributed by atoms with Crippen LogP contribution in [-0.4, -0.2) is 65.0 Å². The van der Waals surface area contributed by atoms with Crippen molar-refractivity contribution in [3.05, 3.63) is 0 Å². The lowest BCUT2D eigenvalue weighted by molar-refractivity contribution is 0.164. The molecule has 0 bridgehead atoms. The highest BCUT2D eigenvalue weighted by molar-refractivity contribution is 7.31. The lowest BCUT2D eigenvalue weighted by Crippen LogP contribution is -2.73. The monoisotopic (exact) mass is 302 g/mol. The summed E-state index contributed by atoms with van der Waals surface area (Å²) in [5.74, 6) is 0. The van der Waals surface area contributed by atoms with Crippen LogP contribution in [0.5, 0.6) is 0 Å².